The maximum absolute atomic E-state index is 12.2. The highest BCUT2D eigenvalue weighted by atomic mass is 32.1. The minimum Gasteiger partial charge on any atom is -0.481 e. The molecule has 0 aliphatic heterocycles. The van der Waals surface area contributed by atoms with E-state index in [4.69, 9.17) is 9.47 Å². The third kappa shape index (κ3) is 4.78. The lowest BCUT2D eigenvalue weighted by molar-refractivity contribution is -0.122. The summed E-state index contributed by atoms with van der Waals surface area (Å²) < 4.78 is 10.9. The molecule has 1 aromatic heterocycles. The molecule has 22 heavy (non-hydrogen) atoms. The molecule has 2 aromatic rings. The fourth-order valence-corrected chi connectivity index (χ4v) is 2.40. The zero-order chi connectivity index (χ0) is 15.8. The fourth-order valence-electron chi connectivity index (χ4n) is 1.72. The second kappa shape index (κ2) is 8.45. The molecule has 1 amide bonds. The van der Waals surface area contributed by atoms with Crippen LogP contribution in [0.5, 0.6) is 5.75 Å². The third-order valence-corrected chi connectivity index (χ3v) is 3.62. The Morgan fingerprint density at radius 1 is 1.27 bits per heavy atom. The molecule has 1 N–H and O–H groups in total. The standard InChI is InChI=1S/C15H19N3O3S/c1-3-12(21-11-8-6-5-7-9-11)14(19)16-15-18-17-13(22-15)10-20-4-2/h5-9,12H,3-4,10H2,1-2H3,(H,16,18,19)/t12-/m0/s1. The topological polar surface area (TPSA) is 73.3 Å². The van der Waals surface area contributed by atoms with E-state index in [0.29, 0.717) is 30.5 Å². The van der Waals surface area contributed by atoms with Gasteiger partial charge in [0.05, 0.1) is 0 Å². The normalized spacial score (nSPS) is 11.9. The number of nitrogens with zero attached hydrogens (tertiary/aromatic N) is 2. The monoisotopic (exact) mass is 321 g/mol. The molecule has 1 aromatic carbocycles. The summed E-state index contributed by atoms with van der Waals surface area (Å²) in [5.74, 6) is 0.435. The van der Waals surface area contributed by atoms with Crippen molar-refractivity contribution in [2.75, 3.05) is 11.9 Å². The van der Waals surface area contributed by atoms with Gasteiger partial charge in [0.2, 0.25) is 5.13 Å². The first kappa shape index (κ1) is 16.4. The van der Waals surface area contributed by atoms with E-state index in [1.54, 1.807) is 0 Å². The molecule has 0 bridgehead atoms. The van der Waals surface area contributed by atoms with Crippen LogP contribution in [0, 0.1) is 0 Å². The Morgan fingerprint density at radius 2 is 2.05 bits per heavy atom. The van der Waals surface area contributed by atoms with Gasteiger partial charge in [-0.1, -0.05) is 36.5 Å². The van der Waals surface area contributed by atoms with Crippen LogP contribution in [0.25, 0.3) is 0 Å². The Labute approximate surface area is 133 Å². The number of para-hydroxylation sites is 1. The largest absolute Gasteiger partial charge is 0.481 e. The Hall–Kier alpha value is -1.99. The summed E-state index contributed by atoms with van der Waals surface area (Å²) in [5.41, 5.74) is 0. The van der Waals surface area contributed by atoms with Crippen LogP contribution >= 0.6 is 11.3 Å². The molecule has 7 heteroatoms. The number of amides is 1. The van der Waals surface area contributed by atoms with Gasteiger partial charge in [-0.15, -0.1) is 10.2 Å². The van der Waals surface area contributed by atoms with E-state index in [1.165, 1.54) is 11.3 Å². The van der Waals surface area contributed by atoms with Gasteiger partial charge in [-0.3, -0.25) is 10.1 Å². The van der Waals surface area contributed by atoms with Crippen LogP contribution < -0.4 is 10.1 Å². The summed E-state index contributed by atoms with van der Waals surface area (Å²) in [6.45, 7) is 4.83. The van der Waals surface area contributed by atoms with E-state index in [-0.39, 0.29) is 5.91 Å². The molecule has 6 nitrogen and oxygen atoms in total. The third-order valence-electron chi connectivity index (χ3n) is 2.81. The van der Waals surface area contributed by atoms with Crippen molar-refractivity contribution in [3.63, 3.8) is 0 Å². The van der Waals surface area contributed by atoms with E-state index in [0.717, 1.165) is 5.01 Å². The summed E-state index contributed by atoms with van der Waals surface area (Å²) in [6, 6.07) is 9.27. The molecular formula is C15H19N3O3S. The van der Waals surface area contributed by atoms with E-state index in [2.05, 4.69) is 15.5 Å². The summed E-state index contributed by atoms with van der Waals surface area (Å²) in [6.07, 6.45) is -0.00708. The summed E-state index contributed by atoms with van der Waals surface area (Å²) in [7, 11) is 0. The number of aromatic nitrogens is 2. The zero-order valence-electron chi connectivity index (χ0n) is 12.6. The lowest BCUT2D eigenvalue weighted by Gasteiger charge is -2.16. The molecule has 0 spiro atoms. The maximum atomic E-state index is 12.2. The van der Waals surface area contributed by atoms with Gasteiger partial charge in [-0.25, -0.2) is 0 Å². The van der Waals surface area contributed by atoms with Gasteiger partial charge >= 0.3 is 0 Å². The van der Waals surface area contributed by atoms with Crippen LogP contribution in [0.15, 0.2) is 30.3 Å². The Bertz CT molecular complexity index is 589. The summed E-state index contributed by atoms with van der Waals surface area (Å²) in [5, 5.41) is 11.8. The van der Waals surface area contributed by atoms with Crippen molar-refractivity contribution in [3.05, 3.63) is 35.3 Å². The molecule has 0 saturated carbocycles. The number of benzene rings is 1. The molecule has 2 rings (SSSR count). The number of rotatable bonds is 8. The number of carbonyl (C=O) groups is 1. The second-order valence-corrected chi connectivity index (χ2v) is 5.52. The molecular weight excluding hydrogens is 302 g/mol. The average Bonchev–Trinajstić information content (AvgIpc) is 2.98. The molecule has 0 unspecified atom stereocenters. The van der Waals surface area contributed by atoms with E-state index in [1.807, 2.05) is 44.2 Å². The van der Waals surface area contributed by atoms with E-state index < -0.39 is 6.10 Å². The average molecular weight is 321 g/mol. The van der Waals surface area contributed by atoms with Crippen molar-refractivity contribution >= 4 is 22.4 Å². The van der Waals surface area contributed by atoms with Gasteiger partial charge in [-0.05, 0) is 25.5 Å². The first-order chi connectivity index (χ1) is 10.7. The number of hydrogen-bond acceptors (Lipinski definition) is 6. The van der Waals surface area contributed by atoms with Crippen molar-refractivity contribution < 1.29 is 14.3 Å². The highest BCUT2D eigenvalue weighted by Gasteiger charge is 2.20. The predicted molar refractivity (Wildman–Crippen MR) is 85.0 cm³/mol. The van der Waals surface area contributed by atoms with Gasteiger partial charge in [-0.2, -0.15) is 0 Å². The van der Waals surface area contributed by atoms with Crippen molar-refractivity contribution in [2.45, 2.75) is 33.0 Å². The number of hydrogen-bond donors (Lipinski definition) is 1. The van der Waals surface area contributed by atoms with Gasteiger partial charge in [0, 0.05) is 6.61 Å². The smallest absolute Gasteiger partial charge is 0.267 e. The van der Waals surface area contributed by atoms with Crippen LogP contribution in [0.2, 0.25) is 0 Å². The molecule has 0 aliphatic rings. The minimum atomic E-state index is -0.568. The Morgan fingerprint density at radius 3 is 2.73 bits per heavy atom. The van der Waals surface area contributed by atoms with Crippen molar-refractivity contribution in [2.24, 2.45) is 0 Å². The van der Waals surface area contributed by atoms with Crippen molar-refractivity contribution in [1.29, 1.82) is 0 Å². The highest BCUT2D eigenvalue weighted by Crippen LogP contribution is 2.18. The summed E-state index contributed by atoms with van der Waals surface area (Å²) >= 11 is 1.30. The number of carbonyl (C=O) groups excluding carboxylic acids is 1. The van der Waals surface area contributed by atoms with Gasteiger partial charge in [0.1, 0.15) is 17.4 Å². The first-order valence-electron chi connectivity index (χ1n) is 7.15. The highest BCUT2D eigenvalue weighted by molar-refractivity contribution is 7.15. The van der Waals surface area contributed by atoms with Crippen LogP contribution in [0.1, 0.15) is 25.3 Å². The quantitative estimate of drug-likeness (QED) is 0.809. The number of nitrogens with one attached hydrogen (secondary N) is 1. The lowest BCUT2D eigenvalue weighted by atomic mass is 10.2. The molecule has 118 valence electrons. The molecule has 0 radical (unpaired) electrons. The molecule has 0 saturated heterocycles. The van der Waals surface area contributed by atoms with Crippen molar-refractivity contribution in [3.8, 4) is 5.75 Å². The lowest BCUT2D eigenvalue weighted by Crippen LogP contribution is -2.32. The zero-order valence-corrected chi connectivity index (χ0v) is 13.4. The second-order valence-electron chi connectivity index (χ2n) is 4.46. The van der Waals surface area contributed by atoms with Gasteiger partial charge < -0.3 is 9.47 Å². The number of anilines is 1. The van der Waals surface area contributed by atoms with Crippen LogP contribution in [0.4, 0.5) is 5.13 Å². The van der Waals surface area contributed by atoms with E-state index >= 15 is 0 Å². The predicted octanol–water partition coefficient (Wildman–Crippen LogP) is 2.87. The van der Waals surface area contributed by atoms with Crippen molar-refractivity contribution in [1.82, 2.24) is 10.2 Å². The maximum Gasteiger partial charge on any atom is 0.267 e. The van der Waals surface area contributed by atoms with Gasteiger partial charge in [0.25, 0.3) is 5.91 Å². The molecule has 0 aliphatic carbocycles. The molecule has 0 fully saturated rings. The SMILES string of the molecule is CCOCc1nnc(NC(=O)[C@H](CC)Oc2ccccc2)s1. The minimum absolute atomic E-state index is 0.231. The molecule has 1 atom stereocenters. The van der Waals surface area contributed by atoms with Gasteiger partial charge in [0.15, 0.2) is 6.10 Å². The fraction of sp³-hybridized carbons (Fsp3) is 0.400. The Kier molecular flexibility index (Phi) is 6.29. The van der Waals surface area contributed by atoms with Crippen LogP contribution in [0.3, 0.4) is 0 Å². The number of ether oxygens (including phenoxy) is 2. The summed E-state index contributed by atoms with van der Waals surface area (Å²) in [4.78, 5) is 12.2. The van der Waals surface area contributed by atoms with Crippen LogP contribution in [-0.4, -0.2) is 28.8 Å². The first-order valence-corrected chi connectivity index (χ1v) is 7.97. The molecule has 1 heterocycles. The van der Waals surface area contributed by atoms with Crippen LogP contribution in [-0.2, 0) is 16.1 Å². The Balaban J connectivity index is 1.93. The van der Waals surface area contributed by atoms with E-state index in [9.17, 15) is 4.79 Å².